The molecule has 1 amide bonds. The van der Waals surface area contributed by atoms with Crippen LogP contribution < -0.4 is 14.8 Å². The summed E-state index contributed by atoms with van der Waals surface area (Å²) in [5.41, 5.74) is 2.03. The van der Waals surface area contributed by atoms with Crippen LogP contribution >= 0.6 is 0 Å². The zero-order valence-corrected chi connectivity index (χ0v) is 16.6. The molecule has 2 aromatic rings. The first-order valence-electron chi connectivity index (χ1n) is 10.1. The van der Waals surface area contributed by atoms with E-state index in [1.807, 2.05) is 24.3 Å². The monoisotopic (exact) mass is 380 g/mol. The van der Waals surface area contributed by atoms with Gasteiger partial charge in [0.05, 0.1) is 20.6 Å². The summed E-state index contributed by atoms with van der Waals surface area (Å²) in [6, 6.07) is 12.0. The Hall–Kier alpha value is -2.56. The Kier molecular flexibility index (Phi) is 5.51. The maximum absolute atomic E-state index is 12.7. The molecule has 0 spiro atoms. The van der Waals surface area contributed by atoms with E-state index in [1.165, 1.54) is 31.2 Å². The second kappa shape index (κ2) is 8.21. The zero-order valence-electron chi connectivity index (χ0n) is 16.6. The number of pyridine rings is 1. The first-order chi connectivity index (χ1) is 13.7. The second-order valence-corrected chi connectivity index (χ2v) is 7.84. The van der Waals surface area contributed by atoms with Crippen LogP contribution in [0, 0.1) is 11.8 Å². The van der Waals surface area contributed by atoms with E-state index >= 15 is 0 Å². The number of methoxy groups -OCH3 is 2. The molecule has 0 radical (unpaired) electrons. The maximum atomic E-state index is 12.7. The molecule has 2 aliphatic rings. The molecule has 148 valence electrons. The van der Waals surface area contributed by atoms with Crippen molar-refractivity contribution in [1.82, 2.24) is 10.3 Å². The zero-order chi connectivity index (χ0) is 19.5. The lowest BCUT2D eigenvalue weighted by atomic mass is 9.53. The number of nitrogens with zero attached hydrogens (tertiary/aromatic N) is 1. The van der Waals surface area contributed by atoms with Crippen LogP contribution in [0.5, 0.6) is 11.5 Å². The second-order valence-electron chi connectivity index (χ2n) is 7.84. The third-order valence-corrected chi connectivity index (χ3v) is 6.37. The van der Waals surface area contributed by atoms with E-state index in [9.17, 15) is 4.79 Å². The summed E-state index contributed by atoms with van der Waals surface area (Å²) in [4.78, 5) is 17.0. The van der Waals surface area contributed by atoms with E-state index in [1.54, 1.807) is 20.4 Å². The number of fused-ring (bicyclic) bond motifs is 1. The highest BCUT2D eigenvalue weighted by Crippen LogP contribution is 2.55. The Bertz CT molecular complexity index is 824. The van der Waals surface area contributed by atoms with Gasteiger partial charge in [0, 0.05) is 23.9 Å². The minimum absolute atomic E-state index is 0.0539. The van der Waals surface area contributed by atoms with Crippen LogP contribution in [0.2, 0.25) is 0 Å². The molecule has 2 unspecified atom stereocenters. The third-order valence-electron chi connectivity index (χ3n) is 6.37. The Balaban J connectivity index is 1.53. The molecule has 1 N–H and O–H groups in total. The van der Waals surface area contributed by atoms with Crippen molar-refractivity contribution in [3.05, 3.63) is 53.9 Å². The van der Waals surface area contributed by atoms with Crippen LogP contribution in [-0.4, -0.2) is 31.2 Å². The SMILES string of the molecule is COc1ccc([C@H]2C3CCCCC3[C@@H]2NC(=O)Cc2ccccn2)cc1OC. The lowest BCUT2D eigenvalue weighted by Gasteiger charge is -2.55. The number of hydrogen-bond acceptors (Lipinski definition) is 4. The molecule has 5 nitrogen and oxygen atoms in total. The molecule has 2 saturated carbocycles. The van der Waals surface area contributed by atoms with Gasteiger partial charge >= 0.3 is 0 Å². The Labute approximate surface area is 166 Å². The van der Waals surface area contributed by atoms with Crippen LogP contribution in [0.3, 0.4) is 0 Å². The minimum atomic E-state index is 0.0539. The van der Waals surface area contributed by atoms with E-state index in [0.717, 1.165) is 17.2 Å². The summed E-state index contributed by atoms with van der Waals surface area (Å²) in [6.07, 6.45) is 7.02. The highest BCUT2D eigenvalue weighted by atomic mass is 16.5. The Morgan fingerprint density at radius 1 is 1.07 bits per heavy atom. The minimum Gasteiger partial charge on any atom is -0.493 e. The van der Waals surface area contributed by atoms with Gasteiger partial charge in [-0.05, 0) is 54.5 Å². The Morgan fingerprint density at radius 3 is 2.57 bits per heavy atom. The maximum Gasteiger partial charge on any atom is 0.226 e. The number of nitrogens with one attached hydrogen (secondary N) is 1. The van der Waals surface area contributed by atoms with Crippen molar-refractivity contribution >= 4 is 5.91 Å². The van der Waals surface area contributed by atoms with E-state index in [-0.39, 0.29) is 11.9 Å². The van der Waals surface area contributed by atoms with E-state index in [0.29, 0.717) is 24.2 Å². The molecule has 1 heterocycles. The molecule has 4 atom stereocenters. The van der Waals surface area contributed by atoms with Crippen LogP contribution in [-0.2, 0) is 11.2 Å². The number of benzene rings is 1. The van der Waals surface area contributed by atoms with Gasteiger partial charge < -0.3 is 14.8 Å². The standard InChI is InChI=1S/C23H28N2O3/c1-27-19-11-10-15(13-20(19)28-2)22-17-8-3-4-9-18(17)23(22)25-21(26)14-16-7-5-6-12-24-16/h5-7,10-13,17-18,22-23H,3-4,8-9,14H2,1-2H3,(H,25,26)/t17?,18?,22-,23-/m0/s1. The van der Waals surface area contributed by atoms with Gasteiger partial charge in [-0.15, -0.1) is 0 Å². The predicted molar refractivity (Wildman–Crippen MR) is 108 cm³/mol. The fourth-order valence-corrected chi connectivity index (χ4v) is 5.08. The summed E-state index contributed by atoms with van der Waals surface area (Å²) < 4.78 is 10.9. The van der Waals surface area contributed by atoms with Crippen molar-refractivity contribution in [3.8, 4) is 11.5 Å². The first-order valence-corrected chi connectivity index (χ1v) is 10.1. The predicted octanol–water partition coefficient (Wildman–Crippen LogP) is 3.73. The van der Waals surface area contributed by atoms with Gasteiger partial charge in [-0.3, -0.25) is 9.78 Å². The highest BCUT2D eigenvalue weighted by Gasteiger charge is 2.51. The summed E-state index contributed by atoms with van der Waals surface area (Å²) in [7, 11) is 3.32. The molecule has 0 saturated heterocycles. The van der Waals surface area contributed by atoms with Crippen molar-refractivity contribution in [3.63, 3.8) is 0 Å². The van der Waals surface area contributed by atoms with Crippen molar-refractivity contribution in [2.24, 2.45) is 11.8 Å². The number of rotatable bonds is 6. The number of carbonyl (C=O) groups excluding carboxylic acids is 1. The van der Waals surface area contributed by atoms with E-state index < -0.39 is 0 Å². The largest absolute Gasteiger partial charge is 0.493 e. The Morgan fingerprint density at radius 2 is 1.86 bits per heavy atom. The molecule has 4 rings (SSSR count). The van der Waals surface area contributed by atoms with Crippen LogP contribution in [0.1, 0.15) is 42.9 Å². The molecule has 1 aromatic heterocycles. The quantitative estimate of drug-likeness (QED) is 0.830. The molecule has 0 bridgehead atoms. The van der Waals surface area contributed by atoms with Gasteiger partial charge in [-0.25, -0.2) is 0 Å². The lowest BCUT2D eigenvalue weighted by Crippen LogP contribution is -2.59. The van der Waals surface area contributed by atoms with Gasteiger partial charge in [-0.2, -0.15) is 0 Å². The van der Waals surface area contributed by atoms with Gasteiger partial charge in [0.15, 0.2) is 11.5 Å². The molecule has 0 aliphatic heterocycles. The van der Waals surface area contributed by atoms with Crippen molar-refractivity contribution < 1.29 is 14.3 Å². The summed E-state index contributed by atoms with van der Waals surface area (Å²) >= 11 is 0. The number of hydrogen-bond donors (Lipinski definition) is 1. The van der Waals surface area contributed by atoms with Crippen molar-refractivity contribution in [1.29, 1.82) is 0 Å². The summed E-state index contributed by atoms with van der Waals surface area (Å²) in [5, 5.41) is 3.33. The average molecular weight is 380 g/mol. The van der Waals surface area contributed by atoms with Crippen LogP contribution in [0.15, 0.2) is 42.6 Å². The first kappa shape index (κ1) is 18.8. The topological polar surface area (TPSA) is 60.5 Å². The smallest absolute Gasteiger partial charge is 0.226 e. The lowest BCUT2D eigenvalue weighted by molar-refractivity contribution is -0.124. The van der Waals surface area contributed by atoms with Gasteiger partial charge in [0.1, 0.15) is 0 Å². The average Bonchev–Trinajstić information content (AvgIpc) is 2.73. The molecular formula is C23H28N2O3. The van der Waals surface area contributed by atoms with Crippen LogP contribution in [0.25, 0.3) is 0 Å². The molecule has 2 fully saturated rings. The number of ether oxygens (including phenoxy) is 2. The van der Waals surface area contributed by atoms with Crippen molar-refractivity contribution in [2.45, 2.75) is 44.1 Å². The molecule has 1 aromatic carbocycles. The summed E-state index contributed by atoms with van der Waals surface area (Å²) in [6.45, 7) is 0. The number of aromatic nitrogens is 1. The normalized spacial score (nSPS) is 25.9. The van der Waals surface area contributed by atoms with Gasteiger partial charge in [0.2, 0.25) is 5.91 Å². The highest BCUT2D eigenvalue weighted by molar-refractivity contribution is 5.78. The molecule has 2 aliphatic carbocycles. The van der Waals surface area contributed by atoms with E-state index in [2.05, 4.69) is 22.4 Å². The van der Waals surface area contributed by atoms with Crippen molar-refractivity contribution in [2.75, 3.05) is 14.2 Å². The number of amides is 1. The fourth-order valence-electron chi connectivity index (χ4n) is 5.08. The number of carbonyl (C=O) groups is 1. The summed E-state index contributed by atoms with van der Waals surface area (Å²) in [5.74, 6) is 3.07. The molecule has 28 heavy (non-hydrogen) atoms. The third kappa shape index (κ3) is 3.58. The van der Waals surface area contributed by atoms with Crippen LogP contribution in [0.4, 0.5) is 0 Å². The molecular weight excluding hydrogens is 352 g/mol. The van der Waals surface area contributed by atoms with E-state index in [4.69, 9.17) is 9.47 Å². The molecule has 5 heteroatoms. The van der Waals surface area contributed by atoms with Gasteiger partial charge in [0.25, 0.3) is 0 Å². The fraction of sp³-hybridized carbons (Fsp3) is 0.478. The van der Waals surface area contributed by atoms with Gasteiger partial charge in [-0.1, -0.05) is 25.0 Å².